The van der Waals surface area contributed by atoms with Crippen LogP contribution < -0.4 is 14.9 Å². The van der Waals surface area contributed by atoms with Crippen LogP contribution in [0.1, 0.15) is 18.9 Å². The Bertz CT molecular complexity index is 763. The lowest BCUT2D eigenvalue weighted by molar-refractivity contribution is -0.386. The molecule has 0 aliphatic heterocycles. The van der Waals surface area contributed by atoms with E-state index in [4.69, 9.17) is 21.1 Å². The SMILES string of the molecule is CCCOc1c(OC)cc(/C=N/Nc2ccc(Cl)cc2)cc1[N+](=O)[O-]. The van der Waals surface area contributed by atoms with Crippen molar-refractivity contribution < 1.29 is 14.4 Å². The van der Waals surface area contributed by atoms with Gasteiger partial charge in [0.05, 0.1) is 30.5 Å². The number of nitro groups is 1. The van der Waals surface area contributed by atoms with Crippen molar-refractivity contribution in [2.24, 2.45) is 5.10 Å². The van der Waals surface area contributed by atoms with Gasteiger partial charge < -0.3 is 9.47 Å². The quantitative estimate of drug-likeness (QED) is 0.424. The summed E-state index contributed by atoms with van der Waals surface area (Å²) in [6.07, 6.45) is 2.20. The van der Waals surface area contributed by atoms with Crippen LogP contribution in [0.25, 0.3) is 0 Å². The molecule has 7 nitrogen and oxygen atoms in total. The van der Waals surface area contributed by atoms with E-state index in [0.29, 0.717) is 17.2 Å². The molecule has 2 aromatic rings. The first kappa shape index (κ1) is 18.5. The number of nitro benzene ring substituents is 1. The van der Waals surface area contributed by atoms with Crippen LogP contribution >= 0.6 is 11.6 Å². The lowest BCUT2D eigenvalue weighted by atomic mass is 10.2. The summed E-state index contributed by atoms with van der Waals surface area (Å²) in [5, 5.41) is 16.0. The van der Waals surface area contributed by atoms with Gasteiger partial charge in [0.15, 0.2) is 5.75 Å². The second-order valence-corrected chi connectivity index (χ2v) is 5.49. The van der Waals surface area contributed by atoms with Crippen LogP contribution in [0.3, 0.4) is 0 Å². The maximum absolute atomic E-state index is 11.3. The molecule has 0 atom stereocenters. The van der Waals surface area contributed by atoms with Crippen LogP contribution in [0.4, 0.5) is 11.4 Å². The summed E-state index contributed by atoms with van der Waals surface area (Å²) in [4.78, 5) is 10.8. The molecule has 0 spiro atoms. The second kappa shape index (κ2) is 8.89. The van der Waals surface area contributed by atoms with Crippen molar-refractivity contribution >= 4 is 29.2 Å². The standard InChI is InChI=1S/C17H18ClN3O4/c1-3-8-25-17-15(21(22)23)9-12(10-16(17)24-2)11-19-20-14-6-4-13(18)5-7-14/h4-7,9-11,20H,3,8H2,1-2H3/b19-11+. The first-order chi connectivity index (χ1) is 12.0. The van der Waals surface area contributed by atoms with Gasteiger partial charge in [0.25, 0.3) is 0 Å². The highest BCUT2D eigenvalue weighted by Crippen LogP contribution is 2.38. The van der Waals surface area contributed by atoms with Crippen molar-refractivity contribution in [3.05, 3.63) is 57.1 Å². The Labute approximate surface area is 150 Å². The molecular weight excluding hydrogens is 346 g/mol. The molecule has 8 heteroatoms. The molecule has 0 bridgehead atoms. The normalized spacial score (nSPS) is 10.7. The molecule has 132 valence electrons. The number of benzene rings is 2. The third-order valence-corrected chi connectivity index (χ3v) is 3.43. The van der Waals surface area contributed by atoms with Crippen LogP contribution in [0.15, 0.2) is 41.5 Å². The van der Waals surface area contributed by atoms with Crippen LogP contribution in [-0.4, -0.2) is 24.9 Å². The molecule has 1 N–H and O–H groups in total. The minimum atomic E-state index is -0.503. The summed E-state index contributed by atoms with van der Waals surface area (Å²) >= 11 is 5.82. The van der Waals surface area contributed by atoms with Crippen LogP contribution in [-0.2, 0) is 0 Å². The van der Waals surface area contributed by atoms with Crippen LogP contribution in [0.5, 0.6) is 11.5 Å². The van der Waals surface area contributed by atoms with Crippen molar-refractivity contribution in [1.82, 2.24) is 0 Å². The number of hydrogen-bond donors (Lipinski definition) is 1. The van der Waals surface area contributed by atoms with Crippen molar-refractivity contribution in [2.45, 2.75) is 13.3 Å². The highest BCUT2D eigenvalue weighted by molar-refractivity contribution is 6.30. The van der Waals surface area contributed by atoms with Gasteiger partial charge in [-0.05, 0) is 36.8 Å². The zero-order valence-corrected chi connectivity index (χ0v) is 14.6. The van der Waals surface area contributed by atoms with E-state index in [2.05, 4.69) is 10.5 Å². The van der Waals surface area contributed by atoms with Gasteiger partial charge in [0.2, 0.25) is 5.75 Å². The molecule has 2 rings (SSSR count). The number of anilines is 1. The molecule has 0 aromatic heterocycles. The summed E-state index contributed by atoms with van der Waals surface area (Å²) in [5.74, 6) is 0.410. The predicted octanol–water partition coefficient (Wildman–Crippen LogP) is 4.49. The topological polar surface area (TPSA) is 86.0 Å². The number of hydrazone groups is 1. The molecule has 0 fully saturated rings. The lowest BCUT2D eigenvalue weighted by Gasteiger charge is -2.11. The fourth-order valence-corrected chi connectivity index (χ4v) is 2.15. The largest absolute Gasteiger partial charge is 0.493 e. The Hall–Kier alpha value is -2.80. The molecular formula is C17H18ClN3O4. The Morgan fingerprint density at radius 2 is 2.04 bits per heavy atom. The Balaban J connectivity index is 2.25. The number of hydrogen-bond acceptors (Lipinski definition) is 6. The maximum Gasteiger partial charge on any atom is 0.315 e. The van der Waals surface area contributed by atoms with Gasteiger partial charge in [0.1, 0.15) is 0 Å². The lowest BCUT2D eigenvalue weighted by Crippen LogP contribution is -2.03. The van der Waals surface area contributed by atoms with Crippen LogP contribution in [0.2, 0.25) is 5.02 Å². The first-order valence-electron chi connectivity index (χ1n) is 7.59. The van der Waals surface area contributed by atoms with Gasteiger partial charge in [0, 0.05) is 16.7 Å². The zero-order valence-electron chi connectivity index (χ0n) is 13.9. The van der Waals surface area contributed by atoms with E-state index >= 15 is 0 Å². The number of nitrogens with zero attached hydrogens (tertiary/aromatic N) is 2. The van der Waals surface area contributed by atoms with Crippen molar-refractivity contribution in [2.75, 3.05) is 19.1 Å². The van der Waals surface area contributed by atoms with E-state index in [9.17, 15) is 10.1 Å². The molecule has 0 saturated heterocycles. The summed E-state index contributed by atoms with van der Waals surface area (Å²) in [6.45, 7) is 2.28. The van der Waals surface area contributed by atoms with Gasteiger partial charge in [-0.25, -0.2) is 0 Å². The van der Waals surface area contributed by atoms with E-state index in [-0.39, 0.29) is 17.2 Å². The van der Waals surface area contributed by atoms with E-state index < -0.39 is 4.92 Å². The van der Waals surface area contributed by atoms with Gasteiger partial charge in [-0.1, -0.05) is 18.5 Å². The molecule has 0 heterocycles. The van der Waals surface area contributed by atoms with Gasteiger partial charge in [-0.15, -0.1) is 0 Å². The van der Waals surface area contributed by atoms with Gasteiger partial charge >= 0.3 is 5.69 Å². The molecule has 0 aliphatic rings. The summed E-state index contributed by atoms with van der Waals surface area (Å²) in [5.41, 5.74) is 3.91. The molecule has 0 aliphatic carbocycles. The predicted molar refractivity (Wildman–Crippen MR) is 98.1 cm³/mol. The minimum absolute atomic E-state index is 0.122. The number of rotatable bonds is 8. The Morgan fingerprint density at radius 1 is 1.32 bits per heavy atom. The number of methoxy groups -OCH3 is 1. The fourth-order valence-electron chi connectivity index (χ4n) is 2.02. The third-order valence-electron chi connectivity index (χ3n) is 3.18. The molecule has 2 aromatic carbocycles. The number of nitrogens with one attached hydrogen (secondary N) is 1. The molecule has 0 unspecified atom stereocenters. The minimum Gasteiger partial charge on any atom is -0.493 e. The highest BCUT2D eigenvalue weighted by Gasteiger charge is 2.21. The maximum atomic E-state index is 11.3. The summed E-state index contributed by atoms with van der Waals surface area (Å²) in [7, 11) is 1.44. The van der Waals surface area contributed by atoms with Crippen molar-refractivity contribution in [3.8, 4) is 11.5 Å². The highest BCUT2D eigenvalue weighted by atomic mass is 35.5. The van der Waals surface area contributed by atoms with E-state index in [0.717, 1.165) is 12.1 Å². The van der Waals surface area contributed by atoms with Gasteiger partial charge in [-0.3, -0.25) is 15.5 Å². The van der Waals surface area contributed by atoms with E-state index in [1.165, 1.54) is 19.4 Å². The number of ether oxygens (including phenoxy) is 2. The molecule has 25 heavy (non-hydrogen) atoms. The van der Waals surface area contributed by atoms with Gasteiger partial charge in [-0.2, -0.15) is 5.10 Å². The summed E-state index contributed by atoms with van der Waals surface area (Å²) < 4.78 is 10.7. The second-order valence-electron chi connectivity index (χ2n) is 5.05. The van der Waals surface area contributed by atoms with Crippen molar-refractivity contribution in [1.29, 1.82) is 0 Å². The van der Waals surface area contributed by atoms with E-state index in [1.54, 1.807) is 30.3 Å². The van der Waals surface area contributed by atoms with E-state index in [1.807, 2.05) is 6.92 Å². The van der Waals surface area contributed by atoms with Crippen LogP contribution in [0, 0.1) is 10.1 Å². The third kappa shape index (κ3) is 5.09. The number of halogens is 1. The average molecular weight is 364 g/mol. The fraction of sp³-hybridized carbons (Fsp3) is 0.235. The average Bonchev–Trinajstić information content (AvgIpc) is 2.61. The zero-order chi connectivity index (χ0) is 18.2. The van der Waals surface area contributed by atoms with Crippen molar-refractivity contribution in [3.63, 3.8) is 0 Å². The smallest absolute Gasteiger partial charge is 0.315 e. The molecule has 0 amide bonds. The molecule has 0 radical (unpaired) electrons. The Kier molecular flexibility index (Phi) is 6.59. The Morgan fingerprint density at radius 3 is 2.64 bits per heavy atom. The molecule has 0 saturated carbocycles. The first-order valence-corrected chi connectivity index (χ1v) is 7.96. The monoisotopic (exact) mass is 363 g/mol. The summed E-state index contributed by atoms with van der Waals surface area (Å²) in [6, 6.07) is 10.0.